The summed E-state index contributed by atoms with van der Waals surface area (Å²) in [6.45, 7) is 6.59. The molecule has 4 heteroatoms. The fourth-order valence-electron chi connectivity index (χ4n) is 2.91. The minimum absolute atomic E-state index is 0.300. The van der Waals surface area contributed by atoms with Gasteiger partial charge >= 0.3 is 8.60 Å². The van der Waals surface area contributed by atoms with Gasteiger partial charge in [-0.05, 0) is 19.3 Å². The molecule has 0 aliphatic heterocycles. The molecule has 0 saturated heterocycles. The highest BCUT2D eigenvalue weighted by Gasteiger charge is 2.32. The summed E-state index contributed by atoms with van der Waals surface area (Å²) in [6.07, 6.45) is 14.9. The lowest BCUT2D eigenvalue weighted by molar-refractivity contribution is 0.0228. The lowest BCUT2D eigenvalue weighted by Crippen LogP contribution is -2.31. The Morgan fingerprint density at radius 3 is 1.57 bits per heavy atom. The molecule has 0 unspecified atom stereocenters. The molecule has 0 amide bonds. The van der Waals surface area contributed by atoms with Gasteiger partial charge in [-0.2, -0.15) is 0 Å². The van der Waals surface area contributed by atoms with Gasteiger partial charge in [-0.15, -0.1) is 0 Å². The molecule has 2 N–H and O–H groups in total. The van der Waals surface area contributed by atoms with E-state index in [-0.39, 0.29) is 5.60 Å². The molecule has 0 bridgehead atoms. The summed E-state index contributed by atoms with van der Waals surface area (Å²) >= 11 is 0. The van der Waals surface area contributed by atoms with Gasteiger partial charge in [0.1, 0.15) is 0 Å². The molecule has 0 fully saturated rings. The first-order valence-electron chi connectivity index (χ1n) is 8.97. The van der Waals surface area contributed by atoms with Gasteiger partial charge < -0.3 is 14.3 Å². The molecule has 0 atom stereocenters. The average Bonchev–Trinajstić information content (AvgIpc) is 2.46. The predicted molar refractivity (Wildman–Crippen MR) is 92.2 cm³/mol. The van der Waals surface area contributed by atoms with E-state index in [9.17, 15) is 9.79 Å². The largest absolute Gasteiger partial charge is 0.328 e. The van der Waals surface area contributed by atoms with Gasteiger partial charge in [-0.3, -0.25) is 0 Å². The Labute approximate surface area is 133 Å². The van der Waals surface area contributed by atoms with Crippen molar-refractivity contribution in [1.29, 1.82) is 0 Å². The maximum atomic E-state index is 9.36. The van der Waals surface area contributed by atoms with Crippen molar-refractivity contribution < 1.29 is 14.3 Å². The minimum Gasteiger partial charge on any atom is -0.328 e. The highest BCUT2D eigenvalue weighted by Crippen LogP contribution is 2.41. The highest BCUT2D eigenvalue weighted by atomic mass is 31.2. The molecule has 0 aliphatic rings. The van der Waals surface area contributed by atoms with Crippen LogP contribution in [0.1, 0.15) is 104 Å². The molecule has 21 heavy (non-hydrogen) atoms. The lowest BCUT2D eigenvalue weighted by atomic mass is 9.86. The zero-order valence-corrected chi connectivity index (χ0v) is 15.3. The van der Waals surface area contributed by atoms with Gasteiger partial charge in [0.25, 0.3) is 0 Å². The van der Waals surface area contributed by atoms with E-state index in [1.165, 1.54) is 32.1 Å². The minimum atomic E-state index is -2.25. The van der Waals surface area contributed by atoms with E-state index in [1.54, 1.807) is 0 Å². The van der Waals surface area contributed by atoms with E-state index < -0.39 is 8.60 Å². The summed E-state index contributed by atoms with van der Waals surface area (Å²) in [5, 5.41) is 0. The zero-order valence-electron chi connectivity index (χ0n) is 14.4. The summed E-state index contributed by atoms with van der Waals surface area (Å²) in [5.74, 6) is 0. The second-order valence-electron chi connectivity index (χ2n) is 6.25. The Hall–Kier alpha value is 0.310. The van der Waals surface area contributed by atoms with Crippen LogP contribution in [0.2, 0.25) is 0 Å². The van der Waals surface area contributed by atoms with Gasteiger partial charge in [0.2, 0.25) is 0 Å². The molecule has 0 aromatic heterocycles. The average molecular weight is 320 g/mol. The fourth-order valence-corrected chi connectivity index (χ4v) is 3.53. The van der Waals surface area contributed by atoms with Gasteiger partial charge in [0.15, 0.2) is 0 Å². The van der Waals surface area contributed by atoms with E-state index in [0.29, 0.717) is 0 Å². The normalized spacial score (nSPS) is 12.3. The smallest absolute Gasteiger partial charge is 0.327 e. The van der Waals surface area contributed by atoms with Crippen molar-refractivity contribution >= 4 is 8.60 Å². The van der Waals surface area contributed by atoms with Crippen LogP contribution in [0.4, 0.5) is 0 Å². The van der Waals surface area contributed by atoms with Crippen molar-refractivity contribution in [2.45, 2.75) is 110 Å². The van der Waals surface area contributed by atoms with E-state index in [2.05, 4.69) is 20.8 Å². The highest BCUT2D eigenvalue weighted by molar-refractivity contribution is 7.39. The Kier molecular flexibility index (Phi) is 14.1. The van der Waals surface area contributed by atoms with Gasteiger partial charge in [0, 0.05) is 0 Å². The Morgan fingerprint density at radius 1 is 0.667 bits per heavy atom. The van der Waals surface area contributed by atoms with Crippen LogP contribution in [0.5, 0.6) is 0 Å². The summed E-state index contributed by atoms with van der Waals surface area (Å²) in [7, 11) is -2.25. The third-order valence-electron chi connectivity index (χ3n) is 4.23. The Balaban J connectivity index is 4.35. The third-order valence-corrected chi connectivity index (χ3v) is 4.78. The first-order chi connectivity index (χ1) is 10.1. The summed E-state index contributed by atoms with van der Waals surface area (Å²) in [4.78, 5) is 18.7. The first-order valence-corrected chi connectivity index (χ1v) is 10.1. The molecule has 0 saturated carbocycles. The van der Waals surface area contributed by atoms with Crippen LogP contribution >= 0.6 is 8.60 Å². The Morgan fingerprint density at radius 2 is 1.10 bits per heavy atom. The van der Waals surface area contributed by atoms with Crippen LogP contribution in [0, 0.1) is 0 Å². The van der Waals surface area contributed by atoms with Crippen molar-refractivity contribution in [3.63, 3.8) is 0 Å². The van der Waals surface area contributed by atoms with E-state index in [4.69, 9.17) is 4.52 Å². The molecule has 0 heterocycles. The fraction of sp³-hybridized carbons (Fsp3) is 1.00. The quantitative estimate of drug-likeness (QED) is 0.284. The van der Waals surface area contributed by atoms with Crippen LogP contribution in [-0.4, -0.2) is 15.4 Å². The van der Waals surface area contributed by atoms with Gasteiger partial charge in [-0.1, -0.05) is 85.0 Å². The van der Waals surface area contributed by atoms with E-state index >= 15 is 0 Å². The van der Waals surface area contributed by atoms with Gasteiger partial charge in [0.05, 0.1) is 5.60 Å². The standard InChI is InChI=1S/C17H37O3P/c1-4-7-10-11-12-13-16-17(14-8-5-2,15-9-6-3)20-21(18)19/h18-19H,4-16H2,1-3H3. The molecule has 0 spiro atoms. The summed E-state index contributed by atoms with van der Waals surface area (Å²) in [6, 6.07) is 0. The van der Waals surface area contributed by atoms with Crippen LogP contribution in [0.3, 0.4) is 0 Å². The molecule has 3 nitrogen and oxygen atoms in total. The van der Waals surface area contributed by atoms with Crippen LogP contribution < -0.4 is 0 Å². The molecule has 0 rings (SSSR count). The molecular formula is C17H37O3P. The molecule has 128 valence electrons. The van der Waals surface area contributed by atoms with Crippen molar-refractivity contribution in [3.8, 4) is 0 Å². The van der Waals surface area contributed by atoms with Crippen molar-refractivity contribution in [2.24, 2.45) is 0 Å². The number of hydrogen-bond donors (Lipinski definition) is 2. The maximum absolute atomic E-state index is 9.36. The second-order valence-corrected chi connectivity index (χ2v) is 6.94. The van der Waals surface area contributed by atoms with E-state index in [0.717, 1.165) is 51.4 Å². The maximum Gasteiger partial charge on any atom is 0.327 e. The van der Waals surface area contributed by atoms with Crippen molar-refractivity contribution in [1.82, 2.24) is 0 Å². The SMILES string of the molecule is CCCCCCCCC(CCCC)(CCCC)OP(O)O. The van der Waals surface area contributed by atoms with Crippen LogP contribution in [-0.2, 0) is 4.52 Å². The summed E-state index contributed by atoms with van der Waals surface area (Å²) < 4.78 is 5.65. The molecule has 0 radical (unpaired) electrons. The first kappa shape index (κ1) is 21.3. The Bertz CT molecular complexity index is 214. The van der Waals surface area contributed by atoms with Crippen molar-refractivity contribution in [3.05, 3.63) is 0 Å². The van der Waals surface area contributed by atoms with E-state index in [1.807, 2.05) is 0 Å². The number of unbranched alkanes of at least 4 members (excludes halogenated alkanes) is 7. The predicted octanol–water partition coefficient (Wildman–Crippen LogP) is 6.08. The van der Waals surface area contributed by atoms with Gasteiger partial charge in [-0.25, -0.2) is 0 Å². The third kappa shape index (κ3) is 11.5. The topological polar surface area (TPSA) is 49.7 Å². The zero-order chi connectivity index (χ0) is 16.0. The molecule has 0 aromatic carbocycles. The second kappa shape index (κ2) is 13.9. The number of hydrogen-bond acceptors (Lipinski definition) is 3. The van der Waals surface area contributed by atoms with Crippen LogP contribution in [0.15, 0.2) is 0 Å². The molecular weight excluding hydrogens is 283 g/mol. The number of rotatable bonds is 15. The van der Waals surface area contributed by atoms with Crippen LogP contribution in [0.25, 0.3) is 0 Å². The molecule has 0 aromatic rings. The lowest BCUT2D eigenvalue weighted by Gasteiger charge is -2.34. The monoisotopic (exact) mass is 320 g/mol. The summed E-state index contributed by atoms with van der Waals surface area (Å²) in [5.41, 5.74) is -0.300. The van der Waals surface area contributed by atoms with Crippen molar-refractivity contribution in [2.75, 3.05) is 0 Å². The molecule has 0 aliphatic carbocycles.